The van der Waals surface area contributed by atoms with Crippen molar-refractivity contribution in [3.05, 3.63) is 40.6 Å². The van der Waals surface area contributed by atoms with E-state index in [9.17, 15) is 0 Å². The summed E-state index contributed by atoms with van der Waals surface area (Å²) in [5.41, 5.74) is 2.57. The first-order chi connectivity index (χ1) is 7.84. The summed E-state index contributed by atoms with van der Waals surface area (Å²) < 4.78 is 3.46. The van der Waals surface area contributed by atoms with Gasteiger partial charge in [0.15, 0.2) is 0 Å². The van der Waals surface area contributed by atoms with Crippen molar-refractivity contribution in [2.75, 3.05) is 0 Å². The van der Waals surface area contributed by atoms with Crippen molar-refractivity contribution in [2.45, 2.75) is 25.8 Å². The minimum atomic E-state index is 1.11. The van der Waals surface area contributed by atoms with Crippen LogP contribution < -0.4 is 0 Å². The maximum absolute atomic E-state index is 4.55. The normalized spacial score (nSPS) is 14.8. The Morgan fingerprint density at radius 1 is 1.25 bits per heavy atom. The van der Waals surface area contributed by atoms with Gasteiger partial charge in [-0.1, -0.05) is 28.1 Å². The second-order valence-electron chi connectivity index (χ2n) is 4.19. The molecule has 0 saturated carbocycles. The lowest BCUT2D eigenvalue weighted by Gasteiger charge is -2.16. The Morgan fingerprint density at radius 3 is 3.06 bits per heavy atom. The van der Waals surface area contributed by atoms with Crippen LogP contribution in [0.4, 0.5) is 0 Å². The predicted octanol–water partition coefficient (Wildman–Crippen LogP) is 3.65. The van der Waals surface area contributed by atoms with Crippen LogP contribution in [0, 0.1) is 0 Å². The number of aromatic nitrogens is 2. The predicted molar refractivity (Wildman–Crippen MR) is 68.3 cm³/mol. The molecule has 2 aromatic rings. The first-order valence-corrected chi connectivity index (χ1v) is 6.44. The summed E-state index contributed by atoms with van der Waals surface area (Å²) in [6.07, 6.45) is 5.75. The van der Waals surface area contributed by atoms with E-state index in [1.807, 2.05) is 12.3 Å². The van der Waals surface area contributed by atoms with E-state index in [1.54, 1.807) is 0 Å². The lowest BCUT2D eigenvalue weighted by molar-refractivity contribution is 0.536. The van der Waals surface area contributed by atoms with Crippen molar-refractivity contribution in [3.8, 4) is 11.4 Å². The van der Waals surface area contributed by atoms with Gasteiger partial charge in [-0.25, -0.2) is 4.98 Å². The Kier molecular flexibility index (Phi) is 2.56. The Hall–Kier alpha value is -1.09. The van der Waals surface area contributed by atoms with E-state index in [-0.39, 0.29) is 0 Å². The van der Waals surface area contributed by atoms with Crippen molar-refractivity contribution in [1.29, 1.82) is 0 Å². The van der Waals surface area contributed by atoms with Crippen molar-refractivity contribution >= 4 is 15.9 Å². The molecule has 0 aliphatic carbocycles. The third-order valence-corrected chi connectivity index (χ3v) is 3.58. The average Bonchev–Trinajstić information content (AvgIpc) is 2.72. The molecule has 16 heavy (non-hydrogen) atoms. The smallest absolute Gasteiger partial charge is 0.140 e. The number of fused-ring (bicyclic) bond motifs is 1. The second-order valence-corrected chi connectivity index (χ2v) is 5.11. The van der Waals surface area contributed by atoms with Crippen LogP contribution in [-0.4, -0.2) is 9.55 Å². The summed E-state index contributed by atoms with van der Waals surface area (Å²) >= 11 is 3.51. The number of benzene rings is 1. The minimum absolute atomic E-state index is 1.11. The molecule has 0 bridgehead atoms. The number of rotatable bonds is 1. The zero-order valence-corrected chi connectivity index (χ0v) is 10.6. The molecule has 1 aromatic carbocycles. The van der Waals surface area contributed by atoms with E-state index in [4.69, 9.17) is 0 Å². The van der Waals surface area contributed by atoms with Gasteiger partial charge in [0.25, 0.3) is 0 Å². The first-order valence-electron chi connectivity index (χ1n) is 5.65. The molecule has 0 atom stereocenters. The molecule has 82 valence electrons. The van der Waals surface area contributed by atoms with Crippen LogP contribution in [0.2, 0.25) is 0 Å². The largest absolute Gasteiger partial charge is 0.328 e. The molecule has 0 radical (unpaired) electrons. The number of hydrogen-bond donors (Lipinski definition) is 0. The van der Waals surface area contributed by atoms with Crippen LogP contribution in [-0.2, 0) is 13.0 Å². The average molecular weight is 277 g/mol. The van der Waals surface area contributed by atoms with E-state index < -0.39 is 0 Å². The highest BCUT2D eigenvalue weighted by atomic mass is 79.9. The second kappa shape index (κ2) is 4.06. The molecule has 0 fully saturated rings. The fourth-order valence-corrected chi connectivity index (χ4v) is 2.69. The maximum Gasteiger partial charge on any atom is 0.140 e. The third kappa shape index (κ3) is 1.69. The van der Waals surface area contributed by atoms with Gasteiger partial charge in [0.2, 0.25) is 0 Å². The SMILES string of the molecule is Brc1cccc(-c2ncc3n2CCCC3)c1. The standard InChI is InChI=1S/C13H13BrN2/c14-11-5-3-4-10(8-11)13-15-9-12-6-1-2-7-16(12)13/h3-5,8-9H,1-2,6-7H2. The van der Waals surface area contributed by atoms with Gasteiger partial charge in [0.1, 0.15) is 5.82 Å². The van der Waals surface area contributed by atoms with Crippen molar-refractivity contribution in [3.63, 3.8) is 0 Å². The molecular formula is C13H13BrN2. The number of nitrogens with zero attached hydrogens (tertiary/aromatic N) is 2. The maximum atomic E-state index is 4.55. The lowest BCUT2D eigenvalue weighted by atomic mass is 10.1. The summed E-state index contributed by atoms with van der Waals surface area (Å²) in [7, 11) is 0. The van der Waals surface area contributed by atoms with Gasteiger partial charge < -0.3 is 4.57 Å². The van der Waals surface area contributed by atoms with Crippen molar-refractivity contribution in [1.82, 2.24) is 9.55 Å². The summed E-state index contributed by atoms with van der Waals surface area (Å²) in [5.74, 6) is 1.11. The van der Waals surface area contributed by atoms with E-state index >= 15 is 0 Å². The number of imidazole rings is 1. The molecule has 1 aliphatic rings. The van der Waals surface area contributed by atoms with Crippen LogP contribution in [0.5, 0.6) is 0 Å². The summed E-state index contributed by atoms with van der Waals surface area (Å²) in [5, 5.41) is 0. The van der Waals surface area contributed by atoms with E-state index in [0.717, 1.165) is 16.8 Å². The molecule has 1 aliphatic heterocycles. The molecule has 1 aromatic heterocycles. The highest BCUT2D eigenvalue weighted by Gasteiger charge is 2.14. The van der Waals surface area contributed by atoms with Crippen molar-refractivity contribution in [2.24, 2.45) is 0 Å². The fraction of sp³-hybridized carbons (Fsp3) is 0.308. The van der Waals surface area contributed by atoms with Gasteiger partial charge in [0.05, 0.1) is 0 Å². The zero-order valence-electron chi connectivity index (χ0n) is 8.99. The quantitative estimate of drug-likeness (QED) is 0.778. The zero-order chi connectivity index (χ0) is 11.0. The van der Waals surface area contributed by atoms with E-state index in [1.165, 1.54) is 30.5 Å². The number of halogens is 1. The monoisotopic (exact) mass is 276 g/mol. The summed E-state index contributed by atoms with van der Waals surface area (Å²) in [4.78, 5) is 4.55. The van der Waals surface area contributed by atoms with Crippen LogP contribution in [0.1, 0.15) is 18.5 Å². The molecule has 3 heteroatoms. The topological polar surface area (TPSA) is 17.8 Å². The molecule has 0 amide bonds. The van der Waals surface area contributed by atoms with Crippen LogP contribution in [0.15, 0.2) is 34.9 Å². The molecule has 0 N–H and O–H groups in total. The lowest BCUT2D eigenvalue weighted by Crippen LogP contribution is -2.10. The number of hydrogen-bond acceptors (Lipinski definition) is 1. The van der Waals surface area contributed by atoms with E-state index in [2.05, 4.69) is 43.7 Å². The van der Waals surface area contributed by atoms with Gasteiger partial charge in [0, 0.05) is 28.5 Å². The van der Waals surface area contributed by atoms with Crippen LogP contribution in [0.3, 0.4) is 0 Å². The Bertz CT molecular complexity index is 516. The Balaban J connectivity index is 2.09. The molecule has 2 heterocycles. The van der Waals surface area contributed by atoms with Gasteiger partial charge in [-0.3, -0.25) is 0 Å². The molecule has 2 nitrogen and oxygen atoms in total. The minimum Gasteiger partial charge on any atom is -0.328 e. The first kappa shape index (κ1) is 10.1. The van der Waals surface area contributed by atoms with Crippen molar-refractivity contribution < 1.29 is 0 Å². The highest BCUT2D eigenvalue weighted by Crippen LogP contribution is 2.26. The van der Waals surface area contributed by atoms with Gasteiger partial charge in [-0.05, 0) is 31.4 Å². The fourth-order valence-electron chi connectivity index (χ4n) is 2.29. The summed E-state index contributed by atoms with van der Waals surface area (Å²) in [6, 6.07) is 8.35. The molecule has 3 rings (SSSR count). The van der Waals surface area contributed by atoms with E-state index in [0.29, 0.717) is 0 Å². The number of aryl methyl sites for hydroxylation is 1. The van der Waals surface area contributed by atoms with Gasteiger partial charge >= 0.3 is 0 Å². The van der Waals surface area contributed by atoms with Gasteiger partial charge in [-0.2, -0.15) is 0 Å². The van der Waals surface area contributed by atoms with Gasteiger partial charge in [-0.15, -0.1) is 0 Å². The Morgan fingerprint density at radius 2 is 2.19 bits per heavy atom. The summed E-state index contributed by atoms with van der Waals surface area (Å²) in [6.45, 7) is 1.11. The third-order valence-electron chi connectivity index (χ3n) is 3.09. The molecule has 0 saturated heterocycles. The van der Waals surface area contributed by atoms with Crippen LogP contribution in [0.25, 0.3) is 11.4 Å². The molecular weight excluding hydrogens is 264 g/mol. The molecule has 0 unspecified atom stereocenters. The highest BCUT2D eigenvalue weighted by molar-refractivity contribution is 9.10. The molecule has 0 spiro atoms. The Labute approximate surface area is 103 Å². The van der Waals surface area contributed by atoms with Crippen LogP contribution >= 0.6 is 15.9 Å².